The van der Waals surface area contributed by atoms with Crippen LogP contribution >= 0.6 is 35.3 Å². The summed E-state index contributed by atoms with van der Waals surface area (Å²) < 4.78 is 0. The van der Waals surface area contributed by atoms with Crippen LogP contribution < -0.4 is 16.0 Å². The average molecular weight is 529 g/mol. The summed E-state index contributed by atoms with van der Waals surface area (Å²) >= 11 is 1.66. The Hall–Kier alpha value is -2.14. The third-order valence-corrected chi connectivity index (χ3v) is 4.88. The molecule has 0 unspecified atom stereocenters. The highest BCUT2D eigenvalue weighted by molar-refractivity contribution is 14.0. The fraction of sp³-hybridized carbons (Fsp3) is 0.350. The van der Waals surface area contributed by atoms with Crippen LogP contribution in [0, 0.1) is 0 Å². The van der Waals surface area contributed by atoms with Crippen molar-refractivity contribution in [3.8, 4) is 0 Å². The van der Waals surface area contributed by atoms with Gasteiger partial charge in [0.1, 0.15) is 6.54 Å². The Morgan fingerprint density at radius 3 is 2.59 bits per heavy atom. The molecule has 0 atom stereocenters. The molecule has 3 N–H and O–H groups in total. The molecule has 2 rings (SSSR count). The molecule has 0 aliphatic heterocycles. The van der Waals surface area contributed by atoms with E-state index >= 15 is 0 Å². The van der Waals surface area contributed by atoms with Crippen molar-refractivity contribution >= 4 is 53.1 Å². The van der Waals surface area contributed by atoms with E-state index in [0.717, 1.165) is 12.0 Å². The molecule has 0 saturated heterocycles. The number of thiophene rings is 1. The van der Waals surface area contributed by atoms with E-state index < -0.39 is 0 Å². The number of carbonyl (C=O) groups excluding carboxylic acids is 2. The Morgan fingerprint density at radius 1 is 1.14 bits per heavy atom. The Labute approximate surface area is 193 Å². The summed E-state index contributed by atoms with van der Waals surface area (Å²) in [7, 11) is 5.04. The van der Waals surface area contributed by atoms with Gasteiger partial charge >= 0.3 is 0 Å². The van der Waals surface area contributed by atoms with Gasteiger partial charge in [0.05, 0.1) is 6.54 Å². The molecular formula is C20H28IN5O2S. The molecule has 0 aliphatic rings. The largest absolute Gasteiger partial charge is 0.356 e. The number of amides is 2. The van der Waals surface area contributed by atoms with Crippen LogP contribution in [0.5, 0.6) is 0 Å². The summed E-state index contributed by atoms with van der Waals surface area (Å²) in [5, 5.41) is 11.2. The molecule has 2 amide bonds. The minimum atomic E-state index is -0.100. The molecule has 0 spiro atoms. The number of carbonyl (C=O) groups is 2. The summed E-state index contributed by atoms with van der Waals surface area (Å²) in [5.41, 5.74) is 1.69. The van der Waals surface area contributed by atoms with Gasteiger partial charge in [-0.05, 0) is 35.6 Å². The number of halogens is 1. The van der Waals surface area contributed by atoms with Gasteiger partial charge in [0.15, 0.2) is 5.96 Å². The van der Waals surface area contributed by atoms with Gasteiger partial charge in [-0.3, -0.25) is 9.59 Å². The molecule has 1 heterocycles. The van der Waals surface area contributed by atoms with Crippen molar-refractivity contribution in [3.63, 3.8) is 0 Å². The van der Waals surface area contributed by atoms with Crippen molar-refractivity contribution in [2.75, 3.05) is 34.2 Å². The van der Waals surface area contributed by atoms with E-state index in [4.69, 9.17) is 0 Å². The minimum absolute atomic E-state index is 0. The van der Waals surface area contributed by atoms with Crippen molar-refractivity contribution in [3.05, 3.63) is 57.8 Å². The Bertz CT molecular complexity index is 809. The maximum atomic E-state index is 11.8. The number of nitrogens with zero attached hydrogens (tertiary/aromatic N) is 2. The van der Waals surface area contributed by atoms with Crippen LogP contribution in [0.2, 0.25) is 0 Å². The van der Waals surface area contributed by atoms with Gasteiger partial charge in [-0.15, -0.1) is 35.3 Å². The highest BCUT2D eigenvalue weighted by Crippen LogP contribution is 2.07. The Morgan fingerprint density at radius 2 is 1.93 bits per heavy atom. The lowest BCUT2D eigenvalue weighted by atomic mass is 10.1. The topological polar surface area (TPSA) is 85.8 Å². The van der Waals surface area contributed by atoms with E-state index in [0.29, 0.717) is 24.6 Å². The highest BCUT2D eigenvalue weighted by atomic mass is 127. The van der Waals surface area contributed by atoms with E-state index in [1.807, 2.05) is 35.7 Å². The second kappa shape index (κ2) is 13.2. The molecule has 0 fully saturated rings. The van der Waals surface area contributed by atoms with Gasteiger partial charge in [0, 0.05) is 38.1 Å². The number of hydrogen-bond donors (Lipinski definition) is 3. The first-order valence-electron chi connectivity index (χ1n) is 9.05. The number of nitrogens with one attached hydrogen (secondary N) is 3. The van der Waals surface area contributed by atoms with Gasteiger partial charge in [-0.1, -0.05) is 18.2 Å². The van der Waals surface area contributed by atoms with E-state index in [2.05, 4.69) is 20.9 Å². The molecule has 29 heavy (non-hydrogen) atoms. The lowest BCUT2D eigenvalue weighted by molar-refractivity contribution is -0.127. The summed E-state index contributed by atoms with van der Waals surface area (Å²) in [5.74, 6) is 0.429. The van der Waals surface area contributed by atoms with Crippen molar-refractivity contribution in [1.82, 2.24) is 20.9 Å². The van der Waals surface area contributed by atoms with Crippen molar-refractivity contribution in [1.29, 1.82) is 0 Å². The van der Waals surface area contributed by atoms with Crippen LogP contribution in [0.1, 0.15) is 20.8 Å². The second-order valence-electron chi connectivity index (χ2n) is 6.34. The fourth-order valence-electron chi connectivity index (χ4n) is 2.38. The van der Waals surface area contributed by atoms with E-state index in [9.17, 15) is 9.59 Å². The van der Waals surface area contributed by atoms with Gasteiger partial charge in [0.2, 0.25) is 5.91 Å². The monoisotopic (exact) mass is 529 g/mol. The van der Waals surface area contributed by atoms with Crippen molar-refractivity contribution in [2.45, 2.75) is 13.0 Å². The number of benzene rings is 1. The maximum absolute atomic E-state index is 11.8. The smallest absolute Gasteiger partial charge is 0.251 e. The molecule has 0 bridgehead atoms. The third kappa shape index (κ3) is 8.82. The molecule has 7 nitrogen and oxygen atoms in total. The van der Waals surface area contributed by atoms with Gasteiger partial charge in [-0.2, -0.15) is 0 Å². The van der Waals surface area contributed by atoms with Crippen LogP contribution in [0.15, 0.2) is 46.8 Å². The summed E-state index contributed by atoms with van der Waals surface area (Å²) in [6.07, 6.45) is 0.728. The number of aliphatic imine (C=N–C) groups is 1. The zero-order chi connectivity index (χ0) is 20.4. The Balaban J connectivity index is 0.00000420. The maximum Gasteiger partial charge on any atom is 0.251 e. The predicted octanol–water partition coefficient (Wildman–Crippen LogP) is 2.09. The molecular weight excluding hydrogens is 501 g/mol. The first kappa shape index (κ1) is 24.9. The number of hydrogen-bond acceptors (Lipinski definition) is 4. The van der Waals surface area contributed by atoms with Crippen molar-refractivity contribution < 1.29 is 9.59 Å². The van der Waals surface area contributed by atoms with Crippen LogP contribution in [0.25, 0.3) is 0 Å². The van der Waals surface area contributed by atoms with Gasteiger partial charge in [0.25, 0.3) is 5.91 Å². The first-order valence-corrected chi connectivity index (χ1v) is 9.93. The molecule has 1 aromatic carbocycles. The molecule has 158 valence electrons. The number of likely N-dealkylation sites (N-methyl/N-ethyl adjacent to an activating group) is 1. The van der Waals surface area contributed by atoms with Gasteiger partial charge in [-0.25, -0.2) is 4.99 Å². The van der Waals surface area contributed by atoms with E-state index in [1.54, 1.807) is 38.5 Å². The summed E-state index contributed by atoms with van der Waals surface area (Å²) in [6, 6.07) is 11.6. The molecule has 0 saturated carbocycles. The molecule has 0 radical (unpaired) electrons. The third-order valence-electron chi connectivity index (χ3n) is 4.00. The zero-order valence-electron chi connectivity index (χ0n) is 16.9. The fourth-order valence-corrected chi connectivity index (χ4v) is 3.03. The first-order chi connectivity index (χ1) is 13.5. The van der Waals surface area contributed by atoms with Gasteiger partial charge < -0.3 is 20.9 Å². The van der Waals surface area contributed by atoms with E-state index in [1.165, 1.54) is 9.78 Å². The van der Waals surface area contributed by atoms with Crippen LogP contribution in [-0.4, -0.2) is 56.9 Å². The summed E-state index contributed by atoms with van der Waals surface area (Å²) in [4.78, 5) is 30.7. The van der Waals surface area contributed by atoms with Crippen molar-refractivity contribution in [2.24, 2.45) is 4.99 Å². The molecule has 2 aromatic rings. The zero-order valence-corrected chi connectivity index (χ0v) is 20.0. The average Bonchev–Trinajstić information content (AvgIpc) is 3.22. The second-order valence-corrected chi connectivity index (χ2v) is 7.37. The summed E-state index contributed by atoms with van der Waals surface area (Å²) in [6.45, 7) is 1.36. The van der Waals surface area contributed by atoms with Crippen LogP contribution in [0.4, 0.5) is 0 Å². The quantitative estimate of drug-likeness (QED) is 0.278. The standard InChI is InChI=1S/C20H27N5O2S.HI/c1-21-19(27)16-7-4-6-15(12-16)9-10-22-20(24-14-18(26)25(2)3)23-13-17-8-5-11-28-17;/h4-8,11-12H,9-10,13-14H2,1-3H3,(H,21,27)(H2,22,23,24);1H. The number of guanidine groups is 1. The Kier molecular flexibility index (Phi) is 11.3. The van der Waals surface area contributed by atoms with Crippen LogP contribution in [0.3, 0.4) is 0 Å². The predicted molar refractivity (Wildman–Crippen MR) is 129 cm³/mol. The molecule has 0 aliphatic carbocycles. The normalized spacial score (nSPS) is 10.7. The lowest BCUT2D eigenvalue weighted by Crippen LogP contribution is -2.39. The van der Waals surface area contributed by atoms with E-state index in [-0.39, 0.29) is 42.3 Å². The highest BCUT2D eigenvalue weighted by Gasteiger charge is 2.06. The lowest BCUT2D eigenvalue weighted by Gasteiger charge is -2.13. The minimum Gasteiger partial charge on any atom is -0.356 e. The SMILES string of the molecule is CNC(=O)c1cccc(CCNC(=NCC(=O)N(C)C)NCc2cccs2)c1.I. The molecule has 1 aromatic heterocycles. The molecule has 9 heteroatoms. The number of rotatable bonds is 8. The van der Waals surface area contributed by atoms with Crippen LogP contribution in [-0.2, 0) is 17.8 Å².